The van der Waals surface area contributed by atoms with Crippen LogP contribution in [0.4, 0.5) is 0 Å². The first-order valence-electron chi connectivity index (χ1n) is 2.65. The van der Waals surface area contributed by atoms with Crippen molar-refractivity contribution >= 4 is 0 Å². The number of hydrogen-bond donors (Lipinski definition) is 0. The van der Waals surface area contributed by atoms with Gasteiger partial charge in [0.2, 0.25) is 0 Å². The van der Waals surface area contributed by atoms with Crippen LogP contribution in [0, 0.1) is 11.5 Å². The van der Waals surface area contributed by atoms with Gasteiger partial charge in [-0.2, -0.15) is 5.26 Å². The molecule has 3 heteroatoms. The molecule has 0 aromatic rings. The molecule has 0 amide bonds. The van der Waals surface area contributed by atoms with E-state index < -0.39 is 0 Å². The lowest BCUT2D eigenvalue weighted by Gasteiger charge is -1.95. The minimum absolute atomic E-state index is 0.320. The Morgan fingerprint density at radius 1 is 1.56 bits per heavy atom. The molecule has 0 N–H and O–H groups in total. The second kappa shape index (κ2) is 6.83. The molecule has 0 saturated heterocycles. The van der Waals surface area contributed by atoms with Crippen molar-refractivity contribution in [1.29, 1.82) is 5.26 Å². The van der Waals surface area contributed by atoms with E-state index in [1.54, 1.807) is 18.6 Å². The SMILES string of the molecule is CC=COCCOC#N. The quantitative estimate of drug-likeness (QED) is 0.322. The van der Waals surface area contributed by atoms with Gasteiger partial charge < -0.3 is 9.47 Å². The number of hydrogen-bond acceptors (Lipinski definition) is 3. The summed E-state index contributed by atoms with van der Waals surface area (Å²) >= 11 is 0. The fourth-order valence-corrected chi connectivity index (χ4v) is 0.300. The third kappa shape index (κ3) is 6.83. The van der Waals surface area contributed by atoms with E-state index in [1.807, 2.05) is 6.92 Å². The van der Waals surface area contributed by atoms with Crippen LogP contribution in [-0.4, -0.2) is 13.2 Å². The van der Waals surface area contributed by atoms with Gasteiger partial charge in [-0.05, 0) is 6.92 Å². The van der Waals surface area contributed by atoms with Crippen LogP contribution >= 0.6 is 0 Å². The Hall–Kier alpha value is -1.17. The van der Waals surface area contributed by atoms with E-state index in [1.165, 1.54) is 0 Å². The number of nitrogens with zero attached hydrogens (tertiary/aromatic N) is 1. The lowest BCUT2D eigenvalue weighted by Crippen LogP contribution is -1.95. The fourth-order valence-electron chi connectivity index (χ4n) is 0.300. The number of allylic oxidation sites excluding steroid dienone is 1. The summed E-state index contributed by atoms with van der Waals surface area (Å²) in [6.45, 7) is 2.60. The van der Waals surface area contributed by atoms with Crippen molar-refractivity contribution in [3.05, 3.63) is 12.3 Å². The molecule has 9 heavy (non-hydrogen) atoms. The first-order valence-corrected chi connectivity index (χ1v) is 2.65. The van der Waals surface area contributed by atoms with E-state index in [9.17, 15) is 0 Å². The summed E-state index contributed by atoms with van der Waals surface area (Å²) in [6, 6.07) is 0. The summed E-state index contributed by atoms with van der Waals surface area (Å²) in [6.07, 6.45) is 4.87. The first kappa shape index (κ1) is 7.83. The van der Waals surface area contributed by atoms with E-state index >= 15 is 0 Å². The Labute approximate surface area is 54.5 Å². The molecule has 0 fully saturated rings. The van der Waals surface area contributed by atoms with Crippen LogP contribution in [0.25, 0.3) is 0 Å². The summed E-state index contributed by atoms with van der Waals surface area (Å²) in [7, 11) is 0. The molecule has 50 valence electrons. The summed E-state index contributed by atoms with van der Waals surface area (Å²) in [4.78, 5) is 0. The average molecular weight is 127 g/mol. The van der Waals surface area contributed by atoms with Crippen molar-refractivity contribution in [2.24, 2.45) is 0 Å². The van der Waals surface area contributed by atoms with Gasteiger partial charge in [0, 0.05) is 0 Å². The van der Waals surface area contributed by atoms with Crippen molar-refractivity contribution < 1.29 is 9.47 Å². The molecule has 0 heterocycles. The highest BCUT2D eigenvalue weighted by atomic mass is 16.5. The Bertz CT molecular complexity index is 115. The summed E-state index contributed by atoms with van der Waals surface area (Å²) in [5.41, 5.74) is 0. The van der Waals surface area contributed by atoms with Crippen molar-refractivity contribution in [3.8, 4) is 6.26 Å². The lowest BCUT2D eigenvalue weighted by atomic mass is 10.7. The lowest BCUT2D eigenvalue weighted by molar-refractivity contribution is 0.159. The predicted molar refractivity (Wildman–Crippen MR) is 32.3 cm³/mol. The predicted octanol–water partition coefficient (Wildman–Crippen LogP) is 1.03. The van der Waals surface area contributed by atoms with Gasteiger partial charge in [0.05, 0.1) is 6.26 Å². The minimum atomic E-state index is 0.320. The van der Waals surface area contributed by atoms with Gasteiger partial charge in [0.1, 0.15) is 13.2 Å². The maximum absolute atomic E-state index is 7.88. The molecule has 0 rings (SSSR count). The van der Waals surface area contributed by atoms with E-state index in [0.29, 0.717) is 13.2 Å². The first-order chi connectivity index (χ1) is 4.41. The minimum Gasteiger partial charge on any atom is -0.498 e. The number of rotatable bonds is 4. The van der Waals surface area contributed by atoms with E-state index in [-0.39, 0.29) is 0 Å². The molecule has 0 radical (unpaired) electrons. The third-order valence-electron chi connectivity index (χ3n) is 0.600. The molecule has 0 atom stereocenters. The van der Waals surface area contributed by atoms with Crippen molar-refractivity contribution in [3.63, 3.8) is 0 Å². The number of nitriles is 1. The van der Waals surface area contributed by atoms with Crippen LogP contribution in [0.2, 0.25) is 0 Å². The summed E-state index contributed by atoms with van der Waals surface area (Å²) in [5.74, 6) is 0. The molecule has 0 aliphatic rings. The largest absolute Gasteiger partial charge is 0.498 e. The van der Waals surface area contributed by atoms with E-state index in [0.717, 1.165) is 0 Å². The maximum atomic E-state index is 7.88. The third-order valence-corrected chi connectivity index (χ3v) is 0.600. The molecule has 0 spiro atoms. The molecule has 0 unspecified atom stereocenters. The van der Waals surface area contributed by atoms with Gasteiger partial charge in [0.25, 0.3) is 6.26 Å². The number of ether oxygens (including phenoxy) is 2. The second-order valence-corrected chi connectivity index (χ2v) is 1.28. The highest BCUT2D eigenvalue weighted by Gasteiger charge is 1.80. The van der Waals surface area contributed by atoms with Gasteiger partial charge in [-0.3, -0.25) is 0 Å². The van der Waals surface area contributed by atoms with Gasteiger partial charge in [-0.1, -0.05) is 6.08 Å². The van der Waals surface area contributed by atoms with Gasteiger partial charge in [-0.15, -0.1) is 0 Å². The smallest absolute Gasteiger partial charge is 0.286 e. The summed E-state index contributed by atoms with van der Waals surface area (Å²) < 4.78 is 9.15. The van der Waals surface area contributed by atoms with Gasteiger partial charge >= 0.3 is 0 Å². The van der Waals surface area contributed by atoms with Crippen LogP contribution in [0.15, 0.2) is 12.3 Å². The molecule has 0 aliphatic heterocycles. The molecule has 0 aromatic heterocycles. The van der Waals surface area contributed by atoms with Crippen molar-refractivity contribution in [2.45, 2.75) is 6.92 Å². The zero-order chi connectivity index (χ0) is 6.95. The molecular weight excluding hydrogens is 118 g/mol. The highest BCUT2D eigenvalue weighted by Crippen LogP contribution is 1.77. The van der Waals surface area contributed by atoms with Crippen LogP contribution in [0.1, 0.15) is 6.92 Å². The Morgan fingerprint density at radius 2 is 2.33 bits per heavy atom. The van der Waals surface area contributed by atoms with Crippen LogP contribution in [-0.2, 0) is 9.47 Å². The molecule has 3 nitrogen and oxygen atoms in total. The summed E-state index contributed by atoms with van der Waals surface area (Å²) in [5, 5.41) is 7.88. The van der Waals surface area contributed by atoms with E-state index in [4.69, 9.17) is 10.00 Å². The fraction of sp³-hybridized carbons (Fsp3) is 0.500. The molecule has 0 aromatic carbocycles. The Morgan fingerprint density at radius 3 is 2.89 bits per heavy atom. The second-order valence-electron chi connectivity index (χ2n) is 1.28. The standard InChI is InChI=1S/C6H9NO2/c1-2-3-8-4-5-9-6-7/h2-3H,4-5H2,1H3. The molecular formula is C6H9NO2. The Balaban J connectivity index is 2.85. The monoisotopic (exact) mass is 127 g/mol. The van der Waals surface area contributed by atoms with Gasteiger partial charge in [0.15, 0.2) is 0 Å². The normalized spacial score (nSPS) is 8.89. The van der Waals surface area contributed by atoms with E-state index in [2.05, 4.69) is 4.74 Å². The van der Waals surface area contributed by atoms with Crippen LogP contribution in [0.3, 0.4) is 0 Å². The van der Waals surface area contributed by atoms with Crippen LogP contribution in [0.5, 0.6) is 0 Å². The molecule has 0 bridgehead atoms. The Kier molecular flexibility index (Phi) is 5.94. The average Bonchev–Trinajstić information content (AvgIpc) is 1.89. The topological polar surface area (TPSA) is 42.2 Å². The van der Waals surface area contributed by atoms with Crippen molar-refractivity contribution in [1.82, 2.24) is 0 Å². The molecule has 0 aliphatic carbocycles. The zero-order valence-electron chi connectivity index (χ0n) is 5.33. The van der Waals surface area contributed by atoms with Crippen molar-refractivity contribution in [2.75, 3.05) is 13.2 Å². The van der Waals surface area contributed by atoms with Gasteiger partial charge in [-0.25, -0.2) is 0 Å². The van der Waals surface area contributed by atoms with Crippen LogP contribution < -0.4 is 0 Å². The maximum Gasteiger partial charge on any atom is 0.286 e. The zero-order valence-corrected chi connectivity index (χ0v) is 5.33. The molecule has 0 saturated carbocycles. The highest BCUT2D eigenvalue weighted by molar-refractivity contribution is 4.64.